The Hall–Kier alpha value is -1.86. The van der Waals surface area contributed by atoms with Gasteiger partial charge in [-0.15, -0.1) is 11.3 Å². The third-order valence-corrected chi connectivity index (χ3v) is 5.35. The van der Waals surface area contributed by atoms with E-state index >= 15 is 0 Å². The van der Waals surface area contributed by atoms with Crippen LogP contribution in [-0.4, -0.2) is 41.6 Å². The lowest BCUT2D eigenvalue weighted by Gasteiger charge is -2.20. The van der Waals surface area contributed by atoms with Gasteiger partial charge in [-0.05, 0) is 32.4 Å². The molecule has 1 aliphatic rings. The number of hydrogen-bond acceptors (Lipinski definition) is 5. The van der Waals surface area contributed by atoms with Crippen LogP contribution in [0.5, 0.6) is 0 Å². The summed E-state index contributed by atoms with van der Waals surface area (Å²) >= 11 is 7.91. The van der Waals surface area contributed by atoms with E-state index in [0.29, 0.717) is 17.6 Å². The van der Waals surface area contributed by atoms with E-state index in [1.165, 1.54) is 4.88 Å². The highest BCUT2D eigenvalue weighted by Crippen LogP contribution is 2.25. The number of nitrogens with zero attached hydrogens (tertiary/aromatic N) is 4. The number of guanidine groups is 1. The maximum atomic E-state index is 6.26. The van der Waals surface area contributed by atoms with E-state index in [1.807, 2.05) is 24.6 Å². The molecule has 8 heteroatoms. The average molecular weight is 379 g/mol. The van der Waals surface area contributed by atoms with Crippen LogP contribution in [0.15, 0.2) is 28.8 Å². The first-order chi connectivity index (χ1) is 12.2. The largest absolute Gasteiger partial charge is 0.357 e. The van der Waals surface area contributed by atoms with E-state index in [-0.39, 0.29) is 0 Å². The molecule has 2 aromatic rings. The lowest BCUT2D eigenvalue weighted by atomic mass is 10.3. The van der Waals surface area contributed by atoms with Crippen LogP contribution in [0.4, 0.5) is 5.82 Å². The van der Waals surface area contributed by atoms with Crippen molar-refractivity contribution in [3.05, 3.63) is 39.4 Å². The third-order valence-electron chi connectivity index (χ3n) is 4.14. The summed E-state index contributed by atoms with van der Waals surface area (Å²) < 4.78 is 0. The number of rotatable bonds is 5. The van der Waals surface area contributed by atoms with Crippen LogP contribution in [0.1, 0.15) is 23.9 Å². The molecule has 1 atom stereocenters. The van der Waals surface area contributed by atoms with E-state index in [9.17, 15) is 0 Å². The molecule has 3 rings (SSSR count). The van der Waals surface area contributed by atoms with Crippen molar-refractivity contribution in [1.29, 1.82) is 0 Å². The van der Waals surface area contributed by atoms with Gasteiger partial charge in [0.2, 0.25) is 0 Å². The molecule has 0 spiro atoms. The summed E-state index contributed by atoms with van der Waals surface area (Å²) in [7, 11) is 0. The van der Waals surface area contributed by atoms with Crippen LogP contribution in [-0.2, 0) is 6.54 Å². The van der Waals surface area contributed by atoms with Gasteiger partial charge in [-0.25, -0.2) is 15.0 Å². The zero-order chi connectivity index (χ0) is 17.6. The van der Waals surface area contributed by atoms with Gasteiger partial charge in [0, 0.05) is 36.8 Å². The van der Waals surface area contributed by atoms with Crippen molar-refractivity contribution in [2.75, 3.05) is 24.5 Å². The second kappa shape index (κ2) is 8.49. The number of thiazole rings is 1. The lowest BCUT2D eigenvalue weighted by molar-refractivity contribution is 0.649. The minimum Gasteiger partial charge on any atom is -0.357 e. The molecule has 0 radical (unpaired) electrons. The first-order valence-electron chi connectivity index (χ1n) is 8.46. The number of aromatic nitrogens is 2. The Morgan fingerprint density at radius 2 is 2.36 bits per heavy atom. The van der Waals surface area contributed by atoms with Gasteiger partial charge in [-0.3, -0.25) is 0 Å². The highest BCUT2D eigenvalue weighted by atomic mass is 35.5. The minimum absolute atomic E-state index is 0.318. The molecule has 1 unspecified atom stereocenters. The fraction of sp³-hybridized carbons (Fsp3) is 0.471. The topological polar surface area (TPSA) is 65.4 Å². The molecule has 2 N–H and O–H groups in total. The van der Waals surface area contributed by atoms with E-state index < -0.39 is 0 Å². The normalized spacial score (nSPS) is 17.8. The predicted octanol–water partition coefficient (Wildman–Crippen LogP) is 2.83. The zero-order valence-corrected chi connectivity index (χ0v) is 16.1. The maximum absolute atomic E-state index is 6.26. The number of halogens is 1. The van der Waals surface area contributed by atoms with E-state index in [2.05, 4.69) is 32.4 Å². The summed E-state index contributed by atoms with van der Waals surface area (Å²) in [6.45, 7) is 7.36. The quantitative estimate of drug-likeness (QED) is 0.618. The Kier molecular flexibility index (Phi) is 6.09. The summed E-state index contributed by atoms with van der Waals surface area (Å²) in [6, 6.07) is 4.06. The van der Waals surface area contributed by atoms with Gasteiger partial charge in [0.15, 0.2) is 5.96 Å². The van der Waals surface area contributed by atoms with Crippen LogP contribution in [0.25, 0.3) is 0 Å². The Balaban J connectivity index is 1.61. The van der Waals surface area contributed by atoms with Gasteiger partial charge < -0.3 is 15.5 Å². The highest BCUT2D eigenvalue weighted by molar-refractivity contribution is 7.09. The maximum Gasteiger partial charge on any atom is 0.191 e. The number of hydrogen-bond donors (Lipinski definition) is 2. The van der Waals surface area contributed by atoms with Gasteiger partial charge in [-0.2, -0.15) is 0 Å². The monoisotopic (exact) mass is 378 g/mol. The van der Waals surface area contributed by atoms with Gasteiger partial charge in [0.05, 0.1) is 22.8 Å². The van der Waals surface area contributed by atoms with Crippen molar-refractivity contribution >= 4 is 34.7 Å². The van der Waals surface area contributed by atoms with E-state index in [4.69, 9.17) is 16.6 Å². The average Bonchev–Trinajstić information content (AvgIpc) is 3.22. The van der Waals surface area contributed by atoms with E-state index in [1.54, 1.807) is 17.5 Å². The summed E-state index contributed by atoms with van der Waals surface area (Å²) in [5, 5.41) is 7.55. The molecule has 0 saturated carbocycles. The van der Waals surface area contributed by atoms with Crippen molar-refractivity contribution in [3.63, 3.8) is 0 Å². The fourth-order valence-electron chi connectivity index (χ4n) is 2.82. The smallest absolute Gasteiger partial charge is 0.191 e. The second-order valence-electron chi connectivity index (χ2n) is 5.94. The molecule has 0 aromatic carbocycles. The van der Waals surface area contributed by atoms with Crippen molar-refractivity contribution in [2.45, 2.75) is 32.9 Å². The Labute approximate surface area is 157 Å². The standard InChI is InChI=1S/C17H23ClN6S/c1-3-19-17(21-9-15-12(2)22-11-25-15)23-13-6-8-24(10-13)16-14(18)5-4-7-20-16/h4-5,7,11,13H,3,6,8-10H2,1-2H3,(H2,19,21,23). The van der Waals surface area contributed by atoms with Crippen LogP contribution in [0.2, 0.25) is 5.02 Å². The van der Waals surface area contributed by atoms with Gasteiger partial charge >= 0.3 is 0 Å². The Morgan fingerprint density at radius 1 is 1.48 bits per heavy atom. The molecule has 25 heavy (non-hydrogen) atoms. The summed E-state index contributed by atoms with van der Waals surface area (Å²) in [4.78, 5) is 16.8. The molecule has 0 aliphatic carbocycles. The number of aliphatic imine (C=N–C) groups is 1. The van der Waals surface area contributed by atoms with Crippen LogP contribution < -0.4 is 15.5 Å². The van der Waals surface area contributed by atoms with Crippen molar-refractivity contribution in [2.24, 2.45) is 4.99 Å². The van der Waals surface area contributed by atoms with Gasteiger partial charge in [-0.1, -0.05) is 11.6 Å². The summed E-state index contributed by atoms with van der Waals surface area (Å²) in [6.07, 6.45) is 2.81. The second-order valence-corrected chi connectivity index (χ2v) is 7.29. The van der Waals surface area contributed by atoms with Crippen LogP contribution in [0, 0.1) is 6.92 Å². The molecule has 6 nitrogen and oxygen atoms in total. The summed E-state index contributed by atoms with van der Waals surface area (Å²) in [5.41, 5.74) is 2.92. The number of nitrogens with one attached hydrogen (secondary N) is 2. The number of pyridine rings is 1. The number of anilines is 1. The molecule has 0 bridgehead atoms. The minimum atomic E-state index is 0.318. The van der Waals surface area contributed by atoms with Gasteiger partial charge in [0.1, 0.15) is 5.82 Å². The van der Waals surface area contributed by atoms with Gasteiger partial charge in [0.25, 0.3) is 0 Å². The van der Waals surface area contributed by atoms with Crippen molar-refractivity contribution < 1.29 is 0 Å². The van der Waals surface area contributed by atoms with Crippen molar-refractivity contribution in [1.82, 2.24) is 20.6 Å². The molecule has 1 fully saturated rings. The van der Waals surface area contributed by atoms with Crippen LogP contribution >= 0.6 is 22.9 Å². The Morgan fingerprint density at radius 3 is 3.08 bits per heavy atom. The molecule has 134 valence electrons. The lowest BCUT2D eigenvalue weighted by Crippen LogP contribution is -2.44. The molecule has 3 heterocycles. The molecule has 0 amide bonds. The summed E-state index contributed by atoms with van der Waals surface area (Å²) in [5.74, 6) is 1.70. The Bertz CT molecular complexity index is 731. The third kappa shape index (κ3) is 4.61. The fourth-order valence-corrected chi connectivity index (χ4v) is 3.76. The molecule has 1 aliphatic heterocycles. The molecule has 2 aromatic heterocycles. The number of aryl methyl sites for hydroxylation is 1. The molecular weight excluding hydrogens is 356 g/mol. The predicted molar refractivity (Wildman–Crippen MR) is 105 cm³/mol. The van der Waals surface area contributed by atoms with Crippen molar-refractivity contribution in [3.8, 4) is 0 Å². The van der Waals surface area contributed by atoms with E-state index in [0.717, 1.165) is 43.5 Å². The first-order valence-corrected chi connectivity index (χ1v) is 9.72. The SMILES string of the molecule is CCNC(=NCc1scnc1C)NC1CCN(c2ncccc2Cl)C1. The highest BCUT2D eigenvalue weighted by Gasteiger charge is 2.25. The first kappa shape index (κ1) is 17.9. The zero-order valence-electron chi connectivity index (χ0n) is 14.5. The molecular formula is C17H23ClN6S. The molecule has 1 saturated heterocycles. The van der Waals surface area contributed by atoms with Crippen LogP contribution in [0.3, 0.4) is 0 Å².